The standard InChI is InChI=1S/C54H34N4S/c1-2-14-36(15-3-1)57-47-28-26-34(38-20-12-21-40-39-17-8-11-24-50(39)59-53(38)40)31-43(47)44-32-35(27-29-48(44)57)52-41-18-6-9-22-45(41)55-54(56-52)58-46-23-10-7-19-42(46)51-37-16-5-4-13-33(37)25-30-49(51)58/h1-7,9-16,18-32H,8,17H2. The largest absolute Gasteiger partial charge is 0.309 e. The number of hydrogen-bond donors (Lipinski definition) is 0. The Morgan fingerprint density at radius 3 is 2.07 bits per heavy atom. The lowest BCUT2D eigenvalue weighted by Gasteiger charge is -2.12. The second-order valence-electron chi connectivity index (χ2n) is 15.6. The van der Waals surface area contributed by atoms with Gasteiger partial charge in [0.2, 0.25) is 5.95 Å². The zero-order valence-corrected chi connectivity index (χ0v) is 32.7. The van der Waals surface area contributed by atoms with Gasteiger partial charge in [0.15, 0.2) is 0 Å². The first-order chi connectivity index (χ1) is 29.3. The third-order valence-corrected chi connectivity index (χ3v) is 13.6. The van der Waals surface area contributed by atoms with Gasteiger partial charge in [-0.2, -0.15) is 0 Å². The van der Waals surface area contributed by atoms with Gasteiger partial charge in [-0.1, -0.05) is 121 Å². The van der Waals surface area contributed by atoms with Crippen LogP contribution >= 0.6 is 11.3 Å². The van der Waals surface area contributed by atoms with Crippen molar-refractivity contribution < 1.29 is 0 Å². The highest BCUT2D eigenvalue weighted by Crippen LogP contribution is 2.44. The van der Waals surface area contributed by atoms with Crippen LogP contribution in [0, 0.1) is 0 Å². The molecule has 0 saturated heterocycles. The number of benzene rings is 8. The number of rotatable bonds is 4. The van der Waals surface area contributed by atoms with Crippen LogP contribution in [0.3, 0.4) is 0 Å². The molecule has 0 unspecified atom stereocenters. The van der Waals surface area contributed by atoms with E-state index >= 15 is 0 Å². The lowest BCUT2D eigenvalue weighted by atomic mass is 9.97. The Hall–Kier alpha value is -7.34. The smallest absolute Gasteiger partial charge is 0.235 e. The first-order valence-corrected chi connectivity index (χ1v) is 21.1. The molecule has 59 heavy (non-hydrogen) atoms. The molecule has 1 aliphatic carbocycles. The number of hydrogen-bond acceptors (Lipinski definition) is 3. The van der Waals surface area contributed by atoms with Gasteiger partial charge < -0.3 is 4.57 Å². The maximum atomic E-state index is 5.52. The minimum atomic E-state index is 0.663. The normalized spacial score (nSPS) is 12.9. The number of aryl methyl sites for hydroxylation is 1. The molecule has 4 aromatic heterocycles. The number of fused-ring (bicyclic) bond motifs is 12. The number of nitrogens with zero attached hydrogens (tertiary/aromatic N) is 4. The molecule has 13 rings (SSSR count). The third kappa shape index (κ3) is 4.83. The lowest BCUT2D eigenvalue weighted by molar-refractivity contribution is 1.01. The van der Waals surface area contributed by atoms with Crippen LogP contribution in [-0.2, 0) is 6.42 Å². The minimum absolute atomic E-state index is 0.663. The molecule has 0 bridgehead atoms. The Morgan fingerprint density at radius 2 is 1.19 bits per heavy atom. The fourth-order valence-electron chi connectivity index (χ4n) is 9.76. The number of allylic oxidation sites excluding steroid dienone is 1. The highest BCUT2D eigenvalue weighted by Gasteiger charge is 2.21. The van der Waals surface area contributed by atoms with Crippen LogP contribution < -0.4 is 0 Å². The van der Waals surface area contributed by atoms with E-state index in [4.69, 9.17) is 9.97 Å². The lowest BCUT2D eigenvalue weighted by Crippen LogP contribution is -2.03. The van der Waals surface area contributed by atoms with Gasteiger partial charge in [-0.3, -0.25) is 4.57 Å². The van der Waals surface area contributed by atoms with E-state index in [-0.39, 0.29) is 0 Å². The van der Waals surface area contributed by atoms with Gasteiger partial charge in [-0.25, -0.2) is 9.97 Å². The molecule has 0 fully saturated rings. The van der Waals surface area contributed by atoms with Gasteiger partial charge in [0.1, 0.15) is 0 Å². The van der Waals surface area contributed by atoms with Gasteiger partial charge in [0.05, 0.1) is 33.3 Å². The zero-order valence-electron chi connectivity index (χ0n) is 31.9. The van der Waals surface area contributed by atoms with Crippen molar-refractivity contribution in [2.45, 2.75) is 12.8 Å². The van der Waals surface area contributed by atoms with Crippen molar-refractivity contribution in [3.8, 4) is 34.0 Å². The summed E-state index contributed by atoms with van der Waals surface area (Å²) in [5, 5.41) is 9.69. The number of aromatic nitrogens is 4. The Labute approximate surface area is 343 Å². The molecule has 5 heteroatoms. The molecule has 4 nitrogen and oxygen atoms in total. The summed E-state index contributed by atoms with van der Waals surface area (Å²) in [6.45, 7) is 0. The molecular formula is C54H34N4S. The van der Waals surface area contributed by atoms with Crippen LogP contribution in [0.5, 0.6) is 0 Å². The second kappa shape index (κ2) is 12.6. The maximum absolute atomic E-state index is 5.52. The van der Waals surface area contributed by atoms with Crippen LogP contribution in [0.15, 0.2) is 176 Å². The molecule has 12 aromatic rings. The van der Waals surface area contributed by atoms with Crippen LogP contribution in [0.1, 0.15) is 16.9 Å². The molecule has 0 atom stereocenters. The Bertz CT molecular complexity index is 3730. The van der Waals surface area contributed by atoms with Crippen LogP contribution in [0.4, 0.5) is 0 Å². The van der Waals surface area contributed by atoms with Crippen molar-refractivity contribution in [3.05, 3.63) is 186 Å². The molecular weight excluding hydrogens is 737 g/mol. The molecule has 8 aromatic carbocycles. The van der Waals surface area contributed by atoms with E-state index < -0.39 is 0 Å². The van der Waals surface area contributed by atoms with E-state index in [9.17, 15) is 0 Å². The summed E-state index contributed by atoms with van der Waals surface area (Å²) in [6, 6.07) is 61.6. The fourth-order valence-corrected chi connectivity index (χ4v) is 11.1. The van der Waals surface area contributed by atoms with E-state index in [1.54, 1.807) is 0 Å². The second-order valence-corrected chi connectivity index (χ2v) is 16.7. The van der Waals surface area contributed by atoms with Crippen molar-refractivity contribution in [1.29, 1.82) is 0 Å². The van der Waals surface area contributed by atoms with Crippen LogP contribution in [0.25, 0.3) is 115 Å². The third-order valence-electron chi connectivity index (χ3n) is 12.4. The molecule has 1 aliphatic rings. The Kier molecular flexibility index (Phi) is 6.97. The van der Waals surface area contributed by atoms with Crippen LogP contribution in [0.2, 0.25) is 0 Å². The van der Waals surface area contributed by atoms with Gasteiger partial charge in [0.25, 0.3) is 0 Å². The van der Waals surface area contributed by atoms with Crippen molar-refractivity contribution in [2.75, 3.05) is 0 Å². The van der Waals surface area contributed by atoms with Gasteiger partial charge in [-0.05, 0) is 106 Å². The van der Waals surface area contributed by atoms with E-state index in [1.165, 1.54) is 69.5 Å². The topological polar surface area (TPSA) is 35.6 Å². The average molecular weight is 771 g/mol. The molecule has 0 saturated carbocycles. The Balaban J connectivity index is 1.07. The SMILES string of the molecule is C1=Cc2sc3c(-c4ccc5c(c4)c4cc(-c6nc(-n7c8ccccc8c8c9ccccc9ccc87)nc7ccccc67)ccc4n5-c4ccccc4)cccc3c2CC1. The molecule has 0 aliphatic heterocycles. The van der Waals surface area contributed by atoms with Crippen molar-refractivity contribution in [2.24, 2.45) is 0 Å². The van der Waals surface area contributed by atoms with E-state index in [2.05, 4.69) is 191 Å². The van der Waals surface area contributed by atoms with Crippen molar-refractivity contribution in [1.82, 2.24) is 19.1 Å². The number of thiophene rings is 1. The highest BCUT2D eigenvalue weighted by atomic mass is 32.1. The average Bonchev–Trinajstić information content (AvgIpc) is 3.96. The van der Waals surface area contributed by atoms with Crippen molar-refractivity contribution in [3.63, 3.8) is 0 Å². The monoisotopic (exact) mass is 770 g/mol. The first kappa shape index (κ1) is 32.7. The summed E-state index contributed by atoms with van der Waals surface area (Å²) >= 11 is 1.93. The Morgan fingerprint density at radius 1 is 0.492 bits per heavy atom. The predicted octanol–water partition coefficient (Wildman–Crippen LogP) is 14.5. The van der Waals surface area contributed by atoms with Gasteiger partial charge >= 0.3 is 0 Å². The summed E-state index contributed by atoms with van der Waals surface area (Å²) in [5.41, 5.74) is 12.6. The predicted molar refractivity (Wildman–Crippen MR) is 249 cm³/mol. The molecule has 0 N–H and O–H groups in total. The first-order valence-electron chi connectivity index (χ1n) is 20.3. The van der Waals surface area contributed by atoms with Gasteiger partial charge in [-0.15, -0.1) is 11.3 Å². The van der Waals surface area contributed by atoms with Crippen molar-refractivity contribution >= 4 is 92.8 Å². The van der Waals surface area contributed by atoms with E-state index in [0.29, 0.717) is 5.95 Å². The number of para-hydroxylation sites is 3. The minimum Gasteiger partial charge on any atom is -0.309 e. The zero-order chi connectivity index (χ0) is 38.6. The molecule has 0 spiro atoms. The van der Waals surface area contributed by atoms with Gasteiger partial charge in [0, 0.05) is 47.8 Å². The fraction of sp³-hybridized carbons (Fsp3) is 0.0370. The molecule has 0 amide bonds. The summed E-state index contributed by atoms with van der Waals surface area (Å²) in [6.07, 6.45) is 6.84. The van der Waals surface area contributed by atoms with Crippen LogP contribution in [-0.4, -0.2) is 19.1 Å². The maximum Gasteiger partial charge on any atom is 0.235 e. The highest BCUT2D eigenvalue weighted by molar-refractivity contribution is 7.20. The van der Waals surface area contributed by atoms with E-state index in [0.717, 1.165) is 57.2 Å². The summed E-state index contributed by atoms with van der Waals surface area (Å²) < 4.78 is 6.02. The summed E-state index contributed by atoms with van der Waals surface area (Å²) in [7, 11) is 0. The summed E-state index contributed by atoms with van der Waals surface area (Å²) in [5.74, 6) is 0.663. The summed E-state index contributed by atoms with van der Waals surface area (Å²) in [4.78, 5) is 12.2. The quantitative estimate of drug-likeness (QED) is 0.179. The molecule has 0 radical (unpaired) electrons. The molecule has 4 heterocycles. The molecule has 276 valence electrons. The van der Waals surface area contributed by atoms with E-state index in [1.807, 2.05) is 11.3 Å².